The fourth-order valence-corrected chi connectivity index (χ4v) is 0.668. The predicted octanol–water partition coefficient (Wildman–Crippen LogP) is -2.20. The largest absolute Gasteiger partial charge is 0.464 e. The van der Waals surface area contributed by atoms with E-state index in [-0.39, 0.29) is 38.6 Å². The molecule has 0 bridgehead atoms. The summed E-state index contributed by atoms with van der Waals surface area (Å²) in [6.45, 7) is -0.248. The number of halogens is 1. The number of carbonyl (C=O) groups is 3. The Kier molecular flexibility index (Phi) is 11.4. The first-order valence-corrected chi connectivity index (χ1v) is 4.40. The van der Waals surface area contributed by atoms with Gasteiger partial charge in [-0.15, -0.1) is 12.4 Å². The lowest BCUT2D eigenvalue weighted by Crippen LogP contribution is -2.40. The molecule has 0 saturated carbocycles. The van der Waals surface area contributed by atoms with Crippen LogP contribution in [0.3, 0.4) is 0 Å². The maximum atomic E-state index is 11.0. The molecule has 9 nitrogen and oxygen atoms in total. The van der Waals surface area contributed by atoms with Gasteiger partial charge in [-0.2, -0.15) is 5.48 Å². The minimum atomic E-state index is -1.32. The van der Waals surface area contributed by atoms with Crippen molar-refractivity contribution < 1.29 is 24.3 Å². The molecular formula is C7H15ClN4O5. The Hall–Kier alpha value is -1.58. The molecule has 0 saturated heterocycles. The smallest absolute Gasteiger partial charge is 0.428 e. The van der Waals surface area contributed by atoms with E-state index in [4.69, 9.17) is 10.8 Å². The van der Waals surface area contributed by atoms with E-state index in [0.29, 0.717) is 0 Å². The summed E-state index contributed by atoms with van der Waals surface area (Å²) in [5, 5.41) is 12.8. The minimum absolute atomic E-state index is 0. The second kappa shape index (κ2) is 10.9. The summed E-state index contributed by atoms with van der Waals surface area (Å²) in [4.78, 5) is 36.0. The molecule has 0 aliphatic carbocycles. The molecule has 0 aromatic carbocycles. The van der Waals surface area contributed by atoms with E-state index in [1.807, 2.05) is 0 Å². The maximum Gasteiger partial charge on any atom is 0.428 e. The average Bonchev–Trinajstić information content (AvgIpc) is 2.24. The summed E-state index contributed by atoms with van der Waals surface area (Å²) in [5.74, 6) is -0.848. The molecule has 0 spiro atoms. The lowest BCUT2D eigenvalue weighted by atomic mass is 10.5. The zero-order valence-electron chi connectivity index (χ0n) is 8.89. The summed E-state index contributed by atoms with van der Waals surface area (Å²) in [6.07, 6.45) is -1.32. The molecule has 0 heterocycles. The molecule has 0 fully saturated rings. The van der Waals surface area contributed by atoms with Gasteiger partial charge in [-0.05, 0) is 0 Å². The average molecular weight is 271 g/mol. The monoisotopic (exact) mass is 270 g/mol. The zero-order chi connectivity index (χ0) is 12.4. The quantitative estimate of drug-likeness (QED) is 0.262. The number of nitrogens with one attached hydrogen (secondary N) is 3. The fourth-order valence-electron chi connectivity index (χ4n) is 0.668. The van der Waals surface area contributed by atoms with Crippen LogP contribution in [0, 0.1) is 0 Å². The molecule has 17 heavy (non-hydrogen) atoms. The summed E-state index contributed by atoms with van der Waals surface area (Å²) in [7, 11) is 0. The van der Waals surface area contributed by atoms with Crippen molar-refractivity contribution in [1.82, 2.24) is 16.1 Å². The first-order chi connectivity index (χ1) is 7.56. The van der Waals surface area contributed by atoms with E-state index in [2.05, 4.69) is 15.5 Å². The molecule has 0 aromatic heterocycles. The van der Waals surface area contributed by atoms with Crippen molar-refractivity contribution in [3.05, 3.63) is 0 Å². The van der Waals surface area contributed by atoms with Gasteiger partial charge in [0.1, 0.15) is 0 Å². The molecule has 0 aliphatic heterocycles. The number of hydroxylamine groups is 1. The Morgan fingerprint density at radius 1 is 1.18 bits per heavy atom. The van der Waals surface area contributed by atoms with Crippen LogP contribution in [0.2, 0.25) is 0 Å². The number of hydrogen-bond donors (Lipinski definition) is 5. The van der Waals surface area contributed by atoms with Gasteiger partial charge in [0, 0.05) is 6.54 Å². The Bertz CT molecular complexity index is 263. The molecule has 0 rings (SSSR count). The van der Waals surface area contributed by atoms with Crippen LogP contribution >= 0.6 is 12.4 Å². The molecular weight excluding hydrogens is 256 g/mol. The van der Waals surface area contributed by atoms with Gasteiger partial charge >= 0.3 is 6.09 Å². The van der Waals surface area contributed by atoms with Crippen LogP contribution in [0.1, 0.15) is 0 Å². The Balaban J connectivity index is 0. The highest BCUT2D eigenvalue weighted by molar-refractivity contribution is 5.85. The second-order valence-corrected chi connectivity index (χ2v) is 2.59. The lowest BCUT2D eigenvalue weighted by Gasteiger charge is -2.06. The van der Waals surface area contributed by atoms with E-state index in [9.17, 15) is 14.4 Å². The Morgan fingerprint density at radius 3 is 2.35 bits per heavy atom. The number of hydrogen-bond acceptors (Lipinski definition) is 5. The number of carbonyl (C=O) groups excluding carboxylic acids is 2. The van der Waals surface area contributed by atoms with Crippen molar-refractivity contribution in [2.75, 3.05) is 26.2 Å². The number of rotatable bonds is 7. The standard InChI is InChI=1S/C7H14N4O5.ClH/c8-3-5(12)10-4-6(13)9-1-2-16-11-7(14)15;/h11H,1-4,8H2,(H,9,13)(H,10,12)(H,14,15);1H. The van der Waals surface area contributed by atoms with Crippen molar-refractivity contribution in [3.8, 4) is 0 Å². The number of carboxylic acid groups (broad SMARTS) is 1. The molecule has 3 amide bonds. The Morgan fingerprint density at radius 2 is 1.82 bits per heavy atom. The SMILES string of the molecule is Cl.NCC(=O)NCC(=O)NCCONC(=O)O. The summed E-state index contributed by atoms with van der Waals surface area (Å²) in [6, 6.07) is 0. The first-order valence-electron chi connectivity index (χ1n) is 4.40. The third-order valence-corrected chi connectivity index (χ3v) is 1.32. The van der Waals surface area contributed by atoms with Crippen LogP contribution in [0.15, 0.2) is 0 Å². The van der Waals surface area contributed by atoms with Crippen LogP contribution in [-0.4, -0.2) is 49.3 Å². The van der Waals surface area contributed by atoms with Crippen LogP contribution in [0.25, 0.3) is 0 Å². The Labute approximate surface area is 103 Å². The van der Waals surface area contributed by atoms with Crippen LogP contribution in [0.4, 0.5) is 4.79 Å². The number of amides is 3. The van der Waals surface area contributed by atoms with Crippen LogP contribution in [-0.2, 0) is 14.4 Å². The second-order valence-electron chi connectivity index (χ2n) is 2.59. The normalized spacial score (nSPS) is 8.76. The first kappa shape index (κ1) is 17.8. The predicted molar refractivity (Wildman–Crippen MR) is 59.4 cm³/mol. The van der Waals surface area contributed by atoms with Gasteiger partial charge in [0.15, 0.2) is 0 Å². The molecule has 0 aliphatic rings. The van der Waals surface area contributed by atoms with Crippen LogP contribution in [0.5, 0.6) is 0 Å². The highest BCUT2D eigenvalue weighted by Gasteiger charge is 2.02. The van der Waals surface area contributed by atoms with Gasteiger partial charge in [-0.1, -0.05) is 0 Å². The summed E-state index contributed by atoms with van der Waals surface area (Å²) in [5.41, 5.74) is 6.66. The molecule has 0 atom stereocenters. The maximum absolute atomic E-state index is 11.0. The summed E-state index contributed by atoms with van der Waals surface area (Å²) < 4.78 is 0. The van der Waals surface area contributed by atoms with Gasteiger partial charge in [0.05, 0.1) is 19.7 Å². The van der Waals surface area contributed by atoms with Gasteiger partial charge in [-0.25, -0.2) is 4.79 Å². The van der Waals surface area contributed by atoms with E-state index in [1.54, 1.807) is 5.48 Å². The zero-order valence-corrected chi connectivity index (χ0v) is 9.71. The van der Waals surface area contributed by atoms with Gasteiger partial charge < -0.3 is 21.5 Å². The molecule has 0 aromatic rings. The topological polar surface area (TPSA) is 143 Å². The molecule has 100 valence electrons. The van der Waals surface area contributed by atoms with Crippen LogP contribution < -0.4 is 21.8 Å². The van der Waals surface area contributed by atoms with E-state index in [1.165, 1.54) is 0 Å². The van der Waals surface area contributed by atoms with Gasteiger partial charge in [0.2, 0.25) is 11.8 Å². The van der Waals surface area contributed by atoms with Gasteiger partial charge in [0.25, 0.3) is 0 Å². The van der Waals surface area contributed by atoms with E-state index < -0.39 is 17.9 Å². The van der Waals surface area contributed by atoms with E-state index in [0.717, 1.165) is 0 Å². The lowest BCUT2D eigenvalue weighted by molar-refractivity contribution is -0.125. The van der Waals surface area contributed by atoms with Gasteiger partial charge in [-0.3, -0.25) is 14.4 Å². The third-order valence-electron chi connectivity index (χ3n) is 1.32. The number of nitrogens with two attached hydrogens (primary N) is 1. The van der Waals surface area contributed by atoms with Crippen molar-refractivity contribution in [1.29, 1.82) is 0 Å². The molecule has 0 radical (unpaired) electrons. The van der Waals surface area contributed by atoms with Crippen molar-refractivity contribution >= 4 is 30.3 Å². The summed E-state index contributed by atoms with van der Waals surface area (Å²) >= 11 is 0. The van der Waals surface area contributed by atoms with Crippen molar-refractivity contribution in [2.24, 2.45) is 5.73 Å². The molecule has 6 N–H and O–H groups in total. The minimum Gasteiger partial charge on any atom is -0.464 e. The third kappa shape index (κ3) is 12.4. The van der Waals surface area contributed by atoms with E-state index >= 15 is 0 Å². The highest BCUT2D eigenvalue weighted by Crippen LogP contribution is 1.69. The van der Waals surface area contributed by atoms with Crippen molar-refractivity contribution in [2.45, 2.75) is 0 Å². The molecule has 0 unspecified atom stereocenters. The van der Waals surface area contributed by atoms with Crippen molar-refractivity contribution in [3.63, 3.8) is 0 Å². The molecule has 10 heteroatoms. The highest BCUT2D eigenvalue weighted by atomic mass is 35.5. The fraction of sp³-hybridized carbons (Fsp3) is 0.571.